The lowest BCUT2D eigenvalue weighted by Crippen LogP contribution is -2.22. The Bertz CT molecular complexity index is 536. The number of pyridine rings is 1. The molecule has 3 nitrogen and oxygen atoms in total. The van der Waals surface area contributed by atoms with Crippen LogP contribution in [0.5, 0.6) is 0 Å². The van der Waals surface area contributed by atoms with E-state index in [4.69, 9.17) is 4.74 Å². The van der Waals surface area contributed by atoms with Gasteiger partial charge in [0.25, 0.3) is 0 Å². The Balaban J connectivity index is 2.26. The quantitative estimate of drug-likeness (QED) is 0.834. The van der Waals surface area contributed by atoms with Crippen molar-refractivity contribution in [1.82, 2.24) is 10.3 Å². The van der Waals surface area contributed by atoms with Gasteiger partial charge in [-0.15, -0.1) is 0 Å². The van der Waals surface area contributed by atoms with Crippen molar-refractivity contribution in [3.05, 3.63) is 42.2 Å². The number of rotatable bonds is 7. The molecule has 0 saturated carbocycles. The lowest BCUT2D eigenvalue weighted by Gasteiger charge is -2.21. The van der Waals surface area contributed by atoms with Crippen LogP contribution in [0.15, 0.2) is 36.7 Å². The summed E-state index contributed by atoms with van der Waals surface area (Å²) in [4.78, 5) is 4.21. The Morgan fingerprint density at radius 3 is 2.85 bits per heavy atom. The molecule has 2 unspecified atom stereocenters. The highest BCUT2D eigenvalue weighted by Gasteiger charge is 2.14. The summed E-state index contributed by atoms with van der Waals surface area (Å²) in [5, 5.41) is 6.09. The summed E-state index contributed by atoms with van der Waals surface area (Å²) in [6.07, 6.45) is 6.22. The van der Waals surface area contributed by atoms with Gasteiger partial charge in [0.2, 0.25) is 0 Å². The summed E-state index contributed by atoms with van der Waals surface area (Å²) in [5.41, 5.74) is 1.36. The fourth-order valence-electron chi connectivity index (χ4n) is 2.58. The molecule has 0 saturated heterocycles. The van der Waals surface area contributed by atoms with Gasteiger partial charge in [-0.3, -0.25) is 4.98 Å². The van der Waals surface area contributed by atoms with Crippen molar-refractivity contribution in [2.24, 2.45) is 0 Å². The molecule has 1 heterocycles. The normalized spacial score (nSPS) is 14.3. The molecule has 0 fully saturated rings. The standard InChI is InChI=1S/C17H24N2O/c1-4-19-17(9-8-13(2)20-3)16-7-5-6-14-12-18-11-10-15(14)16/h5-7,10-13,17,19H,4,8-9H2,1-3H3. The molecular formula is C17H24N2O. The van der Waals surface area contributed by atoms with Crippen LogP contribution in [-0.2, 0) is 4.74 Å². The van der Waals surface area contributed by atoms with Crippen molar-refractivity contribution in [3.63, 3.8) is 0 Å². The number of hydrogen-bond donors (Lipinski definition) is 1. The minimum absolute atomic E-state index is 0.299. The van der Waals surface area contributed by atoms with Crippen molar-refractivity contribution in [2.75, 3.05) is 13.7 Å². The third-order valence-electron chi connectivity index (χ3n) is 3.80. The number of methoxy groups -OCH3 is 1. The van der Waals surface area contributed by atoms with Crippen molar-refractivity contribution >= 4 is 10.8 Å². The maximum absolute atomic E-state index is 5.36. The fraction of sp³-hybridized carbons (Fsp3) is 0.471. The zero-order valence-electron chi connectivity index (χ0n) is 12.6. The van der Waals surface area contributed by atoms with E-state index in [1.165, 1.54) is 16.3 Å². The van der Waals surface area contributed by atoms with Gasteiger partial charge in [-0.1, -0.05) is 25.1 Å². The number of nitrogens with one attached hydrogen (secondary N) is 1. The van der Waals surface area contributed by atoms with Gasteiger partial charge in [0.1, 0.15) is 0 Å². The largest absolute Gasteiger partial charge is 0.382 e. The number of fused-ring (bicyclic) bond motifs is 1. The molecule has 0 spiro atoms. The van der Waals surface area contributed by atoms with Gasteiger partial charge >= 0.3 is 0 Å². The maximum Gasteiger partial charge on any atom is 0.0543 e. The number of aromatic nitrogens is 1. The Hall–Kier alpha value is -1.45. The van der Waals surface area contributed by atoms with E-state index in [2.05, 4.69) is 48.4 Å². The molecule has 108 valence electrons. The lowest BCUT2D eigenvalue weighted by atomic mass is 9.95. The van der Waals surface area contributed by atoms with Gasteiger partial charge in [-0.05, 0) is 43.3 Å². The second-order valence-corrected chi connectivity index (χ2v) is 5.18. The SMILES string of the molecule is CCNC(CCC(C)OC)c1cccc2cnccc12. The topological polar surface area (TPSA) is 34.1 Å². The van der Waals surface area contributed by atoms with Gasteiger partial charge in [0, 0.05) is 30.9 Å². The predicted molar refractivity (Wildman–Crippen MR) is 83.9 cm³/mol. The molecule has 20 heavy (non-hydrogen) atoms. The highest BCUT2D eigenvalue weighted by atomic mass is 16.5. The second-order valence-electron chi connectivity index (χ2n) is 5.18. The summed E-state index contributed by atoms with van der Waals surface area (Å²) in [6, 6.07) is 8.92. The molecule has 1 aromatic carbocycles. The van der Waals surface area contributed by atoms with E-state index in [0.29, 0.717) is 12.1 Å². The Morgan fingerprint density at radius 2 is 2.10 bits per heavy atom. The molecule has 3 heteroatoms. The number of hydrogen-bond acceptors (Lipinski definition) is 3. The molecule has 0 aliphatic rings. The molecule has 0 bridgehead atoms. The molecular weight excluding hydrogens is 248 g/mol. The summed E-state index contributed by atoms with van der Waals surface area (Å²) >= 11 is 0. The number of benzene rings is 1. The van der Waals surface area contributed by atoms with Crippen LogP contribution >= 0.6 is 0 Å². The molecule has 0 aliphatic carbocycles. The smallest absolute Gasteiger partial charge is 0.0543 e. The first kappa shape index (κ1) is 14.9. The van der Waals surface area contributed by atoms with Crippen molar-refractivity contribution in [1.29, 1.82) is 0 Å². The van der Waals surface area contributed by atoms with E-state index in [9.17, 15) is 0 Å². The summed E-state index contributed by atoms with van der Waals surface area (Å²) < 4.78 is 5.36. The number of nitrogens with zero attached hydrogens (tertiary/aromatic N) is 1. The molecule has 2 aromatic rings. The second kappa shape index (κ2) is 7.36. The fourth-order valence-corrected chi connectivity index (χ4v) is 2.58. The van der Waals surface area contributed by atoms with E-state index in [1.807, 2.05) is 12.4 Å². The zero-order valence-corrected chi connectivity index (χ0v) is 12.6. The van der Waals surface area contributed by atoms with Gasteiger partial charge in [-0.25, -0.2) is 0 Å². The Kier molecular flexibility index (Phi) is 5.50. The van der Waals surface area contributed by atoms with Gasteiger partial charge in [-0.2, -0.15) is 0 Å². The maximum atomic E-state index is 5.36. The van der Waals surface area contributed by atoms with Crippen LogP contribution < -0.4 is 5.32 Å². The third-order valence-corrected chi connectivity index (χ3v) is 3.80. The summed E-state index contributed by atoms with van der Waals surface area (Å²) in [6.45, 7) is 5.24. The summed E-state index contributed by atoms with van der Waals surface area (Å²) in [7, 11) is 1.77. The third kappa shape index (κ3) is 3.56. The van der Waals surface area contributed by atoms with Crippen LogP contribution in [0.25, 0.3) is 10.8 Å². The first-order chi connectivity index (χ1) is 9.76. The highest BCUT2D eigenvalue weighted by molar-refractivity contribution is 5.85. The van der Waals surface area contributed by atoms with Crippen LogP contribution in [0.1, 0.15) is 38.3 Å². The molecule has 1 N–H and O–H groups in total. The van der Waals surface area contributed by atoms with Gasteiger partial charge < -0.3 is 10.1 Å². The minimum atomic E-state index is 0.299. The monoisotopic (exact) mass is 272 g/mol. The average molecular weight is 272 g/mol. The molecule has 1 aromatic heterocycles. The van der Waals surface area contributed by atoms with Crippen molar-refractivity contribution < 1.29 is 4.74 Å². The van der Waals surface area contributed by atoms with E-state index in [1.54, 1.807) is 7.11 Å². The predicted octanol–water partition coefficient (Wildman–Crippen LogP) is 3.70. The molecule has 0 radical (unpaired) electrons. The Labute approximate surface area is 121 Å². The van der Waals surface area contributed by atoms with E-state index in [-0.39, 0.29) is 0 Å². The van der Waals surface area contributed by atoms with Gasteiger partial charge in [0.05, 0.1) is 6.10 Å². The first-order valence-corrected chi connectivity index (χ1v) is 7.35. The Morgan fingerprint density at radius 1 is 1.25 bits per heavy atom. The van der Waals surface area contributed by atoms with Crippen LogP contribution in [0, 0.1) is 0 Å². The van der Waals surface area contributed by atoms with Crippen LogP contribution in [0.4, 0.5) is 0 Å². The van der Waals surface area contributed by atoms with Crippen LogP contribution in [0.3, 0.4) is 0 Å². The van der Waals surface area contributed by atoms with Crippen LogP contribution in [-0.4, -0.2) is 24.7 Å². The first-order valence-electron chi connectivity index (χ1n) is 7.35. The molecule has 2 atom stereocenters. The average Bonchev–Trinajstić information content (AvgIpc) is 2.50. The lowest BCUT2D eigenvalue weighted by molar-refractivity contribution is 0.106. The zero-order chi connectivity index (χ0) is 14.4. The molecule has 2 rings (SSSR count). The van der Waals surface area contributed by atoms with Crippen LogP contribution in [0.2, 0.25) is 0 Å². The molecule has 0 aliphatic heterocycles. The van der Waals surface area contributed by atoms with E-state index in [0.717, 1.165) is 19.4 Å². The van der Waals surface area contributed by atoms with Gasteiger partial charge in [0.15, 0.2) is 0 Å². The highest BCUT2D eigenvalue weighted by Crippen LogP contribution is 2.27. The van der Waals surface area contributed by atoms with E-state index >= 15 is 0 Å². The number of ether oxygens (including phenoxy) is 1. The van der Waals surface area contributed by atoms with Crippen molar-refractivity contribution in [2.45, 2.75) is 38.8 Å². The minimum Gasteiger partial charge on any atom is -0.382 e. The summed E-state index contributed by atoms with van der Waals surface area (Å²) in [5.74, 6) is 0. The van der Waals surface area contributed by atoms with Crippen molar-refractivity contribution in [3.8, 4) is 0 Å². The van der Waals surface area contributed by atoms with E-state index < -0.39 is 0 Å². The molecule has 0 amide bonds.